The van der Waals surface area contributed by atoms with Gasteiger partial charge >= 0.3 is 13.2 Å². The van der Waals surface area contributed by atoms with E-state index in [0.29, 0.717) is 23.3 Å². The third-order valence-corrected chi connectivity index (χ3v) is 7.97. The molecule has 2 aliphatic rings. The largest absolute Gasteiger partial charge is 0.435 e. The molecule has 4 rings (SSSR count). The van der Waals surface area contributed by atoms with Crippen molar-refractivity contribution in [3.05, 3.63) is 71.3 Å². The average Bonchev–Trinajstić information content (AvgIpc) is 2.92. The second-order valence-electron chi connectivity index (χ2n) is 10.3. The number of likely N-dealkylation sites (tertiary alicyclic amines) is 2. The zero-order valence-corrected chi connectivity index (χ0v) is 23.4. The molecule has 0 aliphatic carbocycles. The van der Waals surface area contributed by atoms with Crippen LogP contribution in [0, 0.1) is 13.8 Å². The Morgan fingerprint density at radius 1 is 0.769 bits per heavy atom. The summed E-state index contributed by atoms with van der Waals surface area (Å²) in [5, 5.41) is 0. The number of ether oxygens (including phenoxy) is 2. The second kappa shape index (κ2) is 15.3. The quantitative estimate of drug-likeness (QED) is 0.235. The third kappa shape index (κ3) is 8.97. The Morgan fingerprint density at radius 2 is 1.18 bits per heavy atom. The number of halogens is 4. The summed E-state index contributed by atoms with van der Waals surface area (Å²) in [5.41, 5.74) is 4.00. The molecule has 8 heteroatoms. The summed E-state index contributed by atoms with van der Waals surface area (Å²) in [6.07, 6.45) is 6.20. The van der Waals surface area contributed by atoms with Crippen LogP contribution in [0.5, 0.6) is 11.5 Å². The molecule has 216 valence electrons. The minimum Gasteiger partial charge on any atom is -0.435 e. The number of nitrogens with zero attached hydrogens (tertiary/aromatic N) is 2. The molecule has 0 N–H and O–H groups in total. The maximum Gasteiger partial charge on any atom is 0.387 e. The zero-order valence-electron chi connectivity index (χ0n) is 23.4. The first-order valence-corrected chi connectivity index (χ1v) is 13.9. The van der Waals surface area contributed by atoms with Gasteiger partial charge in [-0.25, -0.2) is 0 Å². The Hall–Kier alpha value is -2.58. The van der Waals surface area contributed by atoms with Gasteiger partial charge < -0.3 is 14.4 Å². The molecule has 2 aromatic carbocycles. The molecule has 0 radical (unpaired) electrons. The average molecular weight is 551 g/mol. The van der Waals surface area contributed by atoms with E-state index < -0.39 is 13.2 Å². The molecule has 0 bridgehead atoms. The van der Waals surface area contributed by atoms with Crippen LogP contribution in [0.3, 0.4) is 0 Å². The molecule has 39 heavy (non-hydrogen) atoms. The fourth-order valence-corrected chi connectivity index (χ4v) is 5.76. The van der Waals surface area contributed by atoms with E-state index in [1.54, 1.807) is 18.2 Å². The molecule has 0 atom stereocenters. The van der Waals surface area contributed by atoms with E-state index in [9.17, 15) is 17.6 Å². The fraction of sp³-hybridized carbons (Fsp3) is 0.548. The van der Waals surface area contributed by atoms with Crippen LogP contribution in [0.25, 0.3) is 0 Å². The van der Waals surface area contributed by atoms with Crippen LogP contribution in [0.4, 0.5) is 17.6 Å². The van der Waals surface area contributed by atoms with Crippen molar-refractivity contribution in [3.63, 3.8) is 0 Å². The van der Waals surface area contributed by atoms with Crippen LogP contribution >= 0.6 is 0 Å². The fourth-order valence-electron chi connectivity index (χ4n) is 5.76. The van der Waals surface area contributed by atoms with Crippen LogP contribution in [0.1, 0.15) is 66.7 Å². The summed E-state index contributed by atoms with van der Waals surface area (Å²) in [4.78, 5) is 4.78. The van der Waals surface area contributed by atoms with E-state index in [2.05, 4.69) is 32.8 Å². The molecule has 4 nitrogen and oxygen atoms in total. The summed E-state index contributed by atoms with van der Waals surface area (Å²) in [7, 11) is 0. The standard InChI is InChI=1S/C16H21F2NO.C15H21F2NO/c1-3-9-19-10-7-13(8-11-19)14-5-4-6-15(12(14)2)20-16(17)18;1-3-18-9-7-12(8-10-18)13-5-4-6-14(11(13)2)19-15(16)17/h3-6,13,16H,1,7-11H2,2H3;4-6,12,15H,3,7-10H2,1-2H3. The molecule has 2 fully saturated rings. The van der Waals surface area contributed by atoms with Crippen LogP contribution in [0.2, 0.25) is 0 Å². The molecular weight excluding hydrogens is 508 g/mol. The SMILES string of the molecule is C=CCN1CCC(c2cccc(OC(F)F)c2C)CC1.CCN1CCC(c2cccc(OC(F)F)c2C)CC1. The van der Waals surface area contributed by atoms with Crippen molar-refractivity contribution in [3.8, 4) is 11.5 Å². The number of benzene rings is 2. The lowest BCUT2D eigenvalue weighted by molar-refractivity contribution is -0.0510. The van der Waals surface area contributed by atoms with E-state index in [1.165, 1.54) is 0 Å². The molecule has 2 saturated heterocycles. The molecule has 0 aromatic heterocycles. The van der Waals surface area contributed by atoms with Gasteiger partial charge in [0.1, 0.15) is 11.5 Å². The predicted molar refractivity (Wildman–Crippen MR) is 148 cm³/mol. The van der Waals surface area contributed by atoms with Crippen molar-refractivity contribution < 1.29 is 27.0 Å². The number of hydrogen-bond donors (Lipinski definition) is 0. The van der Waals surface area contributed by atoms with E-state index in [0.717, 1.165) is 87.2 Å². The second-order valence-corrected chi connectivity index (χ2v) is 10.3. The summed E-state index contributed by atoms with van der Waals surface area (Å²) in [6, 6.07) is 10.9. The number of alkyl halides is 4. The number of rotatable bonds is 9. The third-order valence-electron chi connectivity index (χ3n) is 7.97. The highest BCUT2D eigenvalue weighted by atomic mass is 19.3. The van der Waals surface area contributed by atoms with Crippen LogP contribution in [0.15, 0.2) is 49.1 Å². The maximum absolute atomic E-state index is 12.4. The number of piperidine rings is 2. The van der Waals surface area contributed by atoms with Crippen molar-refractivity contribution >= 4 is 0 Å². The molecule has 0 saturated carbocycles. The van der Waals surface area contributed by atoms with Gasteiger partial charge in [-0.1, -0.05) is 37.3 Å². The molecule has 0 unspecified atom stereocenters. The first-order chi connectivity index (χ1) is 18.7. The topological polar surface area (TPSA) is 24.9 Å². The monoisotopic (exact) mass is 550 g/mol. The minimum atomic E-state index is -2.77. The van der Waals surface area contributed by atoms with Gasteiger partial charge in [0.05, 0.1) is 0 Å². The highest BCUT2D eigenvalue weighted by Gasteiger charge is 2.24. The predicted octanol–water partition coefficient (Wildman–Crippen LogP) is 7.76. The van der Waals surface area contributed by atoms with Gasteiger partial charge in [0.15, 0.2) is 0 Å². The number of hydrogen-bond acceptors (Lipinski definition) is 4. The van der Waals surface area contributed by atoms with Crippen LogP contribution in [-0.2, 0) is 0 Å². The molecule has 0 spiro atoms. The highest BCUT2D eigenvalue weighted by molar-refractivity contribution is 5.42. The minimum absolute atomic E-state index is 0.297. The Labute approximate surface area is 230 Å². The molecule has 2 aliphatic heterocycles. The summed E-state index contributed by atoms with van der Waals surface area (Å²) in [6.45, 7) is 10.4. The summed E-state index contributed by atoms with van der Waals surface area (Å²) in [5.74, 6) is 1.50. The van der Waals surface area contributed by atoms with Gasteiger partial charge in [-0.3, -0.25) is 4.90 Å². The Morgan fingerprint density at radius 3 is 1.54 bits per heavy atom. The van der Waals surface area contributed by atoms with E-state index >= 15 is 0 Å². The Bertz CT molecular complexity index is 1030. The van der Waals surface area contributed by atoms with Gasteiger partial charge in [-0.15, -0.1) is 6.58 Å². The van der Waals surface area contributed by atoms with Crippen LogP contribution < -0.4 is 9.47 Å². The van der Waals surface area contributed by atoms with Gasteiger partial charge in [-0.2, -0.15) is 17.6 Å². The van der Waals surface area contributed by atoms with E-state index in [4.69, 9.17) is 0 Å². The first-order valence-electron chi connectivity index (χ1n) is 13.9. The van der Waals surface area contributed by atoms with Gasteiger partial charge in [0, 0.05) is 6.54 Å². The molecule has 2 heterocycles. The summed E-state index contributed by atoms with van der Waals surface area (Å²) < 4.78 is 58.6. The maximum atomic E-state index is 12.4. The zero-order chi connectivity index (χ0) is 28.4. The molecule has 0 amide bonds. The first kappa shape index (κ1) is 31.0. The van der Waals surface area contributed by atoms with Gasteiger partial charge in [0.2, 0.25) is 0 Å². The van der Waals surface area contributed by atoms with Crippen molar-refractivity contribution in [2.24, 2.45) is 0 Å². The van der Waals surface area contributed by atoms with E-state index in [-0.39, 0.29) is 0 Å². The summed E-state index contributed by atoms with van der Waals surface area (Å²) >= 11 is 0. The Balaban J connectivity index is 0.000000216. The van der Waals surface area contributed by atoms with Crippen LogP contribution in [-0.4, -0.2) is 62.3 Å². The van der Waals surface area contributed by atoms with Gasteiger partial charge in [-0.05, 0) is 118 Å². The lowest BCUT2D eigenvalue weighted by Crippen LogP contribution is -2.33. The highest BCUT2D eigenvalue weighted by Crippen LogP contribution is 2.35. The van der Waals surface area contributed by atoms with Crippen molar-refractivity contribution in [1.82, 2.24) is 9.80 Å². The van der Waals surface area contributed by atoms with E-state index in [1.807, 2.05) is 38.1 Å². The lowest BCUT2D eigenvalue weighted by atomic mass is 9.86. The Kier molecular flexibility index (Phi) is 12.1. The van der Waals surface area contributed by atoms with Crippen molar-refractivity contribution in [2.45, 2.75) is 71.5 Å². The van der Waals surface area contributed by atoms with Crippen molar-refractivity contribution in [2.75, 3.05) is 39.3 Å². The van der Waals surface area contributed by atoms with Gasteiger partial charge in [0.25, 0.3) is 0 Å². The normalized spacial score (nSPS) is 17.7. The molecule has 2 aromatic rings. The van der Waals surface area contributed by atoms with Crippen molar-refractivity contribution in [1.29, 1.82) is 0 Å². The molecular formula is C31H42F4N2O2. The lowest BCUT2D eigenvalue weighted by Gasteiger charge is -2.32. The smallest absolute Gasteiger partial charge is 0.387 e.